The molecule has 0 aliphatic carbocycles. The standard InChI is InChI=1S/C17H25F3/c1-3-4-5-6-7-10-13-16(2)14-11-8-9-12-15-17(18,19)20/h3,5-6,10-11,13-14,16H,1,4,7-9,12,15H2,2H3/b6-5-,13-10-,14-11-. The second kappa shape index (κ2) is 11.6. The summed E-state index contributed by atoms with van der Waals surface area (Å²) in [4.78, 5) is 0. The van der Waals surface area contributed by atoms with Crippen LogP contribution in [-0.2, 0) is 0 Å². The van der Waals surface area contributed by atoms with Gasteiger partial charge in [-0.2, -0.15) is 13.2 Å². The molecule has 0 aromatic heterocycles. The minimum Gasteiger partial charge on any atom is -0.171 e. The maximum absolute atomic E-state index is 11.9. The molecule has 0 heterocycles. The largest absolute Gasteiger partial charge is 0.389 e. The highest BCUT2D eigenvalue weighted by Crippen LogP contribution is 2.22. The summed E-state index contributed by atoms with van der Waals surface area (Å²) in [7, 11) is 0. The number of hydrogen-bond donors (Lipinski definition) is 0. The van der Waals surface area contributed by atoms with Gasteiger partial charge in [0.05, 0.1) is 0 Å². The van der Waals surface area contributed by atoms with Crippen LogP contribution in [-0.4, -0.2) is 6.18 Å². The van der Waals surface area contributed by atoms with Crippen molar-refractivity contribution in [2.45, 2.75) is 51.6 Å². The Bertz CT molecular complexity index is 322. The molecule has 114 valence electrons. The highest BCUT2D eigenvalue weighted by atomic mass is 19.4. The fraction of sp³-hybridized carbons (Fsp3) is 0.529. The summed E-state index contributed by atoms with van der Waals surface area (Å²) < 4.78 is 35.7. The maximum atomic E-state index is 11.9. The minimum absolute atomic E-state index is 0.214. The molecule has 0 spiro atoms. The molecule has 0 rings (SSSR count). The van der Waals surface area contributed by atoms with E-state index in [2.05, 4.69) is 37.8 Å². The molecule has 0 aromatic rings. The summed E-state index contributed by atoms with van der Waals surface area (Å²) in [6.45, 7) is 5.70. The molecule has 20 heavy (non-hydrogen) atoms. The number of rotatable bonds is 10. The van der Waals surface area contributed by atoms with Crippen LogP contribution in [0.15, 0.2) is 49.1 Å². The van der Waals surface area contributed by atoms with Crippen LogP contribution >= 0.6 is 0 Å². The van der Waals surface area contributed by atoms with Crippen molar-refractivity contribution < 1.29 is 13.2 Å². The molecule has 0 N–H and O–H groups in total. The van der Waals surface area contributed by atoms with E-state index < -0.39 is 12.6 Å². The van der Waals surface area contributed by atoms with Crippen LogP contribution in [0.2, 0.25) is 0 Å². The second-order valence-electron chi connectivity index (χ2n) is 4.81. The average molecular weight is 286 g/mol. The third kappa shape index (κ3) is 14.8. The van der Waals surface area contributed by atoms with Gasteiger partial charge in [0.25, 0.3) is 0 Å². The molecule has 3 heteroatoms. The van der Waals surface area contributed by atoms with Crippen LogP contribution < -0.4 is 0 Å². The molecule has 1 unspecified atom stereocenters. The van der Waals surface area contributed by atoms with Crippen molar-refractivity contribution in [2.24, 2.45) is 5.92 Å². The van der Waals surface area contributed by atoms with Crippen molar-refractivity contribution in [2.75, 3.05) is 0 Å². The number of halogens is 3. The molecule has 0 amide bonds. The lowest BCUT2D eigenvalue weighted by Crippen LogP contribution is -2.05. The molecule has 0 nitrogen and oxygen atoms in total. The second-order valence-corrected chi connectivity index (χ2v) is 4.81. The summed E-state index contributed by atoms with van der Waals surface area (Å²) in [5, 5.41) is 0. The number of alkyl halides is 3. The van der Waals surface area contributed by atoms with Gasteiger partial charge in [-0.1, -0.05) is 49.5 Å². The van der Waals surface area contributed by atoms with E-state index in [4.69, 9.17) is 0 Å². The molecule has 0 bridgehead atoms. The van der Waals surface area contributed by atoms with Crippen molar-refractivity contribution in [1.82, 2.24) is 0 Å². The SMILES string of the molecule is C=CC/C=C\C/C=C\C(C)/C=C\CCCCC(F)(F)F. The van der Waals surface area contributed by atoms with Gasteiger partial charge in [0.2, 0.25) is 0 Å². The molecular formula is C17H25F3. The molecule has 0 radical (unpaired) electrons. The van der Waals surface area contributed by atoms with E-state index in [0.29, 0.717) is 18.8 Å². The quantitative estimate of drug-likeness (QED) is 0.323. The summed E-state index contributed by atoms with van der Waals surface area (Å²) in [6, 6.07) is 0. The van der Waals surface area contributed by atoms with Crippen molar-refractivity contribution in [3.05, 3.63) is 49.1 Å². The van der Waals surface area contributed by atoms with Crippen molar-refractivity contribution in [3.8, 4) is 0 Å². The predicted octanol–water partition coefficient (Wildman–Crippen LogP) is 6.38. The minimum atomic E-state index is -4.02. The molecule has 0 aliphatic heterocycles. The van der Waals surface area contributed by atoms with Gasteiger partial charge < -0.3 is 0 Å². The maximum Gasteiger partial charge on any atom is 0.389 e. The van der Waals surface area contributed by atoms with Gasteiger partial charge in [0, 0.05) is 6.42 Å². The number of unbranched alkanes of at least 4 members (excludes halogenated alkanes) is 2. The summed E-state index contributed by atoms with van der Waals surface area (Å²) in [5.41, 5.74) is 0. The zero-order chi connectivity index (χ0) is 15.3. The van der Waals surface area contributed by atoms with Gasteiger partial charge in [-0.15, -0.1) is 6.58 Å². The van der Waals surface area contributed by atoms with Crippen LogP contribution in [0.1, 0.15) is 45.4 Å². The summed E-state index contributed by atoms with van der Waals surface area (Å²) in [6.07, 6.45) is 12.8. The monoisotopic (exact) mass is 286 g/mol. The van der Waals surface area contributed by atoms with E-state index >= 15 is 0 Å². The third-order valence-electron chi connectivity index (χ3n) is 2.70. The first-order valence-corrected chi connectivity index (χ1v) is 7.11. The molecule has 0 fully saturated rings. The van der Waals surface area contributed by atoms with Gasteiger partial charge in [-0.25, -0.2) is 0 Å². The van der Waals surface area contributed by atoms with Crippen LogP contribution in [0.25, 0.3) is 0 Å². The Morgan fingerprint density at radius 3 is 2.25 bits per heavy atom. The fourth-order valence-electron chi connectivity index (χ4n) is 1.62. The Morgan fingerprint density at radius 1 is 0.950 bits per heavy atom. The highest BCUT2D eigenvalue weighted by molar-refractivity contribution is 5.01. The van der Waals surface area contributed by atoms with Gasteiger partial charge >= 0.3 is 6.18 Å². The summed E-state index contributed by atoms with van der Waals surface area (Å²) >= 11 is 0. The third-order valence-corrected chi connectivity index (χ3v) is 2.70. The first-order chi connectivity index (χ1) is 9.45. The first-order valence-electron chi connectivity index (χ1n) is 7.11. The van der Waals surface area contributed by atoms with E-state index in [1.807, 2.05) is 18.2 Å². The zero-order valence-corrected chi connectivity index (χ0v) is 12.2. The van der Waals surface area contributed by atoms with Crippen molar-refractivity contribution >= 4 is 0 Å². The average Bonchev–Trinajstić information content (AvgIpc) is 2.36. The van der Waals surface area contributed by atoms with Crippen LogP contribution in [0.4, 0.5) is 13.2 Å². The van der Waals surface area contributed by atoms with Crippen LogP contribution in [0.5, 0.6) is 0 Å². The fourth-order valence-corrected chi connectivity index (χ4v) is 1.62. The van der Waals surface area contributed by atoms with Crippen LogP contribution in [0.3, 0.4) is 0 Å². The Morgan fingerprint density at radius 2 is 1.60 bits per heavy atom. The summed E-state index contributed by atoms with van der Waals surface area (Å²) in [5.74, 6) is 0.324. The smallest absolute Gasteiger partial charge is 0.171 e. The molecule has 0 saturated heterocycles. The van der Waals surface area contributed by atoms with Gasteiger partial charge in [0.15, 0.2) is 0 Å². The number of allylic oxidation sites excluding steroid dienone is 7. The van der Waals surface area contributed by atoms with Crippen molar-refractivity contribution in [3.63, 3.8) is 0 Å². The van der Waals surface area contributed by atoms with Crippen LogP contribution in [0, 0.1) is 5.92 Å². The van der Waals surface area contributed by atoms with E-state index in [-0.39, 0.29) is 6.42 Å². The van der Waals surface area contributed by atoms with E-state index in [0.717, 1.165) is 12.8 Å². The van der Waals surface area contributed by atoms with Gasteiger partial charge in [-0.3, -0.25) is 0 Å². The zero-order valence-electron chi connectivity index (χ0n) is 12.2. The molecular weight excluding hydrogens is 261 g/mol. The lowest BCUT2D eigenvalue weighted by molar-refractivity contribution is -0.135. The lowest BCUT2D eigenvalue weighted by Gasteiger charge is -2.04. The van der Waals surface area contributed by atoms with E-state index in [1.54, 1.807) is 0 Å². The topological polar surface area (TPSA) is 0 Å². The number of hydrogen-bond acceptors (Lipinski definition) is 0. The van der Waals surface area contributed by atoms with Gasteiger partial charge in [0.1, 0.15) is 0 Å². The first kappa shape index (κ1) is 18.8. The molecule has 1 atom stereocenters. The van der Waals surface area contributed by atoms with E-state index in [9.17, 15) is 13.2 Å². The highest BCUT2D eigenvalue weighted by Gasteiger charge is 2.25. The Balaban J connectivity index is 3.64. The van der Waals surface area contributed by atoms with Crippen molar-refractivity contribution in [1.29, 1.82) is 0 Å². The van der Waals surface area contributed by atoms with Gasteiger partial charge in [-0.05, 0) is 38.0 Å². The Labute approximate surface area is 120 Å². The lowest BCUT2D eigenvalue weighted by atomic mass is 10.1. The Hall–Kier alpha value is -1.25. The molecule has 0 aromatic carbocycles. The normalized spacial score (nSPS) is 14.6. The molecule has 0 saturated carbocycles. The van der Waals surface area contributed by atoms with E-state index in [1.165, 1.54) is 0 Å². The Kier molecular flexibility index (Phi) is 10.8. The predicted molar refractivity (Wildman–Crippen MR) is 80.5 cm³/mol. The molecule has 0 aliphatic rings.